The summed E-state index contributed by atoms with van der Waals surface area (Å²) in [4.78, 5) is 4.19. The van der Waals surface area contributed by atoms with Crippen LogP contribution in [0.3, 0.4) is 0 Å². The third-order valence-corrected chi connectivity index (χ3v) is 3.55. The third kappa shape index (κ3) is 2.96. The average molecular weight is 259 g/mol. The molecule has 2 aromatic rings. The van der Waals surface area contributed by atoms with Gasteiger partial charge in [0.1, 0.15) is 0 Å². The number of aromatic nitrogens is 2. The van der Waals surface area contributed by atoms with Gasteiger partial charge in [-0.25, -0.2) is 4.98 Å². The first-order valence-corrected chi connectivity index (χ1v) is 6.44. The maximum Gasteiger partial charge on any atom is 0.217 e. The summed E-state index contributed by atoms with van der Waals surface area (Å²) in [5.41, 5.74) is 5.01. The van der Waals surface area contributed by atoms with Crippen molar-refractivity contribution in [3.8, 4) is 5.88 Å². The summed E-state index contributed by atoms with van der Waals surface area (Å²) in [5.74, 6) is 0.691. The highest BCUT2D eigenvalue weighted by molar-refractivity contribution is 5.27. The summed E-state index contributed by atoms with van der Waals surface area (Å²) in [6.07, 6.45) is 1.74. The van der Waals surface area contributed by atoms with E-state index in [9.17, 15) is 0 Å². The lowest BCUT2D eigenvalue weighted by Crippen LogP contribution is -2.14. The Bertz CT molecular complexity index is 561. The monoisotopic (exact) mass is 259 g/mol. The van der Waals surface area contributed by atoms with Gasteiger partial charge in [-0.15, -0.1) is 0 Å². The Morgan fingerprint density at radius 2 is 2.00 bits per heavy atom. The fraction of sp³-hybridized carbons (Fsp3) is 0.400. The highest BCUT2D eigenvalue weighted by atomic mass is 16.5. The fourth-order valence-electron chi connectivity index (χ4n) is 2.19. The molecule has 4 heteroatoms. The van der Waals surface area contributed by atoms with E-state index in [0.717, 1.165) is 18.7 Å². The molecule has 102 valence electrons. The van der Waals surface area contributed by atoms with E-state index in [1.54, 1.807) is 13.3 Å². The van der Waals surface area contributed by atoms with Gasteiger partial charge in [-0.2, -0.15) is 0 Å². The van der Waals surface area contributed by atoms with E-state index in [1.165, 1.54) is 17.0 Å². The van der Waals surface area contributed by atoms with E-state index in [2.05, 4.69) is 41.8 Å². The molecule has 0 unspecified atom stereocenters. The lowest BCUT2D eigenvalue weighted by Gasteiger charge is -2.08. The predicted molar refractivity (Wildman–Crippen MR) is 76.2 cm³/mol. The van der Waals surface area contributed by atoms with Crippen molar-refractivity contribution in [2.75, 3.05) is 7.11 Å². The van der Waals surface area contributed by atoms with Gasteiger partial charge in [0.25, 0.3) is 0 Å². The lowest BCUT2D eigenvalue weighted by molar-refractivity contribution is 0.390. The first kappa shape index (κ1) is 13.6. The molecular formula is C15H21N3O. The minimum absolute atomic E-state index is 0.691. The third-order valence-electron chi connectivity index (χ3n) is 3.55. The van der Waals surface area contributed by atoms with Crippen molar-refractivity contribution in [1.82, 2.24) is 14.9 Å². The van der Waals surface area contributed by atoms with Crippen LogP contribution in [0.25, 0.3) is 0 Å². The normalized spacial score (nSPS) is 10.7. The first-order chi connectivity index (χ1) is 9.13. The number of nitrogens with zero attached hydrogens (tertiary/aromatic N) is 2. The van der Waals surface area contributed by atoms with Crippen molar-refractivity contribution in [2.45, 2.75) is 26.9 Å². The zero-order chi connectivity index (χ0) is 13.8. The Labute approximate surface area is 114 Å². The Kier molecular flexibility index (Phi) is 4.22. The summed E-state index contributed by atoms with van der Waals surface area (Å²) in [7, 11) is 3.74. The van der Waals surface area contributed by atoms with Gasteiger partial charge in [-0.05, 0) is 31.5 Å². The van der Waals surface area contributed by atoms with E-state index in [4.69, 9.17) is 4.74 Å². The molecule has 0 aliphatic rings. The molecule has 0 fully saturated rings. The van der Waals surface area contributed by atoms with Crippen LogP contribution in [-0.4, -0.2) is 16.7 Å². The molecule has 19 heavy (non-hydrogen) atoms. The van der Waals surface area contributed by atoms with Gasteiger partial charge in [0.2, 0.25) is 5.88 Å². The highest BCUT2D eigenvalue weighted by Gasteiger charge is 2.07. The molecule has 0 saturated heterocycles. The summed E-state index contributed by atoms with van der Waals surface area (Å²) >= 11 is 0. The molecule has 0 radical (unpaired) electrons. The van der Waals surface area contributed by atoms with E-state index < -0.39 is 0 Å². The maximum absolute atomic E-state index is 5.24. The minimum atomic E-state index is 0.691. The number of ether oxygens (including phenoxy) is 1. The highest BCUT2D eigenvalue weighted by Crippen LogP contribution is 2.15. The van der Waals surface area contributed by atoms with Crippen LogP contribution in [0.5, 0.6) is 5.88 Å². The van der Waals surface area contributed by atoms with Crippen molar-refractivity contribution in [3.05, 3.63) is 46.9 Å². The van der Waals surface area contributed by atoms with Gasteiger partial charge in [-0.1, -0.05) is 6.07 Å². The zero-order valence-electron chi connectivity index (χ0n) is 12.0. The van der Waals surface area contributed by atoms with E-state index in [1.807, 2.05) is 12.1 Å². The molecule has 2 rings (SSSR count). The SMILES string of the molecule is COc1ncccc1CNCc1cc(C)n(C)c1C. The van der Waals surface area contributed by atoms with E-state index in [-0.39, 0.29) is 0 Å². The number of aryl methyl sites for hydroxylation is 1. The summed E-state index contributed by atoms with van der Waals surface area (Å²) in [6.45, 7) is 5.88. The summed E-state index contributed by atoms with van der Waals surface area (Å²) in [6, 6.07) is 6.18. The van der Waals surface area contributed by atoms with Crippen LogP contribution in [0, 0.1) is 13.8 Å². The quantitative estimate of drug-likeness (QED) is 0.895. The fourth-order valence-corrected chi connectivity index (χ4v) is 2.19. The Morgan fingerprint density at radius 1 is 1.26 bits per heavy atom. The van der Waals surface area contributed by atoms with Crippen LogP contribution < -0.4 is 10.1 Å². The number of pyridine rings is 1. The second-order valence-electron chi connectivity index (χ2n) is 4.73. The van der Waals surface area contributed by atoms with Gasteiger partial charge in [-0.3, -0.25) is 0 Å². The van der Waals surface area contributed by atoms with Crippen molar-refractivity contribution in [1.29, 1.82) is 0 Å². The van der Waals surface area contributed by atoms with Crippen molar-refractivity contribution < 1.29 is 4.74 Å². The molecule has 2 aromatic heterocycles. The Balaban J connectivity index is 1.98. The molecule has 0 aliphatic heterocycles. The number of rotatable bonds is 5. The molecule has 0 bridgehead atoms. The minimum Gasteiger partial charge on any atom is -0.481 e. The van der Waals surface area contributed by atoms with Gasteiger partial charge in [0.05, 0.1) is 7.11 Å². The Hall–Kier alpha value is -1.81. The van der Waals surface area contributed by atoms with Gasteiger partial charge >= 0.3 is 0 Å². The lowest BCUT2D eigenvalue weighted by atomic mass is 10.2. The number of hydrogen-bond acceptors (Lipinski definition) is 3. The molecule has 0 saturated carbocycles. The van der Waals surface area contributed by atoms with Crippen LogP contribution >= 0.6 is 0 Å². The number of methoxy groups -OCH3 is 1. The van der Waals surface area contributed by atoms with Crippen LogP contribution in [0.1, 0.15) is 22.5 Å². The first-order valence-electron chi connectivity index (χ1n) is 6.44. The summed E-state index contributed by atoms with van der Waals surface area (Å²) in [5, 5.41) is 3.44. The van der Waals surface area contributed by atoms with Crippen LogP contribution in [0.2, 0.25) is 0 Å². The topological polar surface area (TPSA) is 39.1 Å². The largest absolute Gasteiger partial charge is 0.481 e. The maximum atomic E-state index is 5.24. The van der Waals surface area contributed by atoms with Gasteiger partial charge in [0, 0.05) is 43.3 Å². The average Bonchev–Trinajstić information content (AvgIpc) is 2.67. The molecule has 0 spiro atoms. The van der Waals surface area contributed by atoms with Gasteiger partial charge in [0.15, 0.2) is 0 Å². The molecule has 0 amide bonds. The number of nitrogens with one attached hydrogen (secondary N) is 1. The second-order valence-corrected chi connectivity index (χ2v) is 4.73. The molecule has 0 aromatic carbocycles. The van der Waals surface area contributed by atoms with E-state index in [0.29, 0.717) is 5.88 Å². The zero-order valence-corrected chi connectivity index (χ0v) is 12.0. The molecule has 4 nitrogen and oxygen atoms in total. The standard InChI is InChI=1S/C15H21N3O/c1-11-8-14(12(2)18(11)3)10-16-9-13-6-5-7-17-15(13)19-4/h5-8,16H,9-10H2,1-4H3. The van der Waals surface area contributed by atoms with Crippen molar-refractivity contribution >= 4 is 0 Å². The molecule has 2 heterocycles. The van der Waals surface area contributed by atoms with Crippen LogP contribution in [-0.2, 0) is 20.1 Å². The summed E-state index contributed by atoms with van der Waals surface area (Å²) < 4.78 is 7.45. The second kappa shape index (κ2) is 5.89. The number of hydrogen-bond donors (Lipinski definition) is 1. The van der Waals surface area contributed by atoms with Gasteiger partial charge < -0.3 is 14.6 Å². The molecule has 0 atom stereocenters. The van der Waals surface area contributed by atoms with Crippen molar-refractivity contribution in [2.24, 2.45) is 7.05 Å². The molecular weight excluding hydrogens is 238 g/mol. The van der Waals surface area contributed by atoms with Crippen molar-refractivity contribution in [3.63, 3.8) is 0 Å². The smallest absolute Gasteiger partial charge is 0.217 e. The molecule has 1 N–H and O–H groups in total. The van der Waals surface area contributed by atoms with Crippen LogP contribution in [0.4, 0.5) is 0 Å². The van der Waals surface area contributed by atoms with Crippen LogP contribution in [0.15, 0.2) is 24.4 Å². The molecule has 0 aliphatic carbocycles. The predicted octanol–water partition coefficient (Wildman–Crippen LogP) is 2.34. The Morgan fingerprint density at radius 3 is 2.63 bits per heavy atom. The van der Waals surface area contributed by atoms with E-state index >= 15 is 0 Å².